The molecule has 0 amide bonds. The van der Waals surface area contributed by atoms with E-state index < -0.39 is 7.25 Å². The molecule has 0 radical (unpaired) electrons. The van der Waals surface area contributed by atoms with Gasteiger partial charge in [0.25, 0.3) is 5.03 Å². The summed E-state index contributed by atoms with van der Waals surface area (Å²) >= 11 is 1.05. The van der Waals surface area contributed by atoms with Crippen molar-refractivity contribution < 1.29 is 27.4 Å². The van der Waals surface area contributed by atoms with Gasteiger partial charge in [0.2, 0.25) is 0 Å². The van der Waals surface area contributed by atoms with Crippen LogP contribution in [-0.2, 0) is 0 Å². The zero-order chi connectivity index (χ0) is 12.8. The lowest BCUT2D eigenvalue weighted by atomic mass is 10.3. The van der Waals surface area contributed by atoms with Crippen molar-refractivity contribution in [1.29, 1.82) is 0 Å². The molecule has 4 N–H and O–H groups in total. The molecule has 0 saturated carbocycles. The van der Waals surface area contributed by atoms with Crippen molar-refractivity contribution in [2.75, 3.05) is 0 Å². The van der Waals surface area contributed by atoms with Gasteiger partial charge in [0, 0.05) is 12.1 Å². The smallest absolute Gasteiger partial charge is 0.618 e. The Morgan fingerprint density at radius 2 is 1.88 bits per heavy atom. The molecule has 0 unspecified atom stereocenters. The molecule has 0 atom stereocenters. The number of hydrogen-bond donors (Lipinski definition) is 2. The van der Waals surface area contributed by atoms with Crippen molar-refractivity contribution in [3.63, 3.8) is 0 Å². The summed E-state index contributed by atoms with van der Waals surface area (Å²) in [6, 6.07) is 5.04. The molecule has 0 spiro atoms. The molecule has 16 heavy (non-hydrogen) atoms. The van der Waals surface area contributed by atoms with Crippen LogP contribution in [0.5, 0.6) is 0 Å². The summed E-state index contributed by atoms with van der Waals surface area (Å²) in [6.07, 6.45) is 1.39. The number of nitrogens with two attached hydrogens (primary N) is 2. The van der Waals surface area contributed by atoms with Crippen LogP contribution >= 0.6 is 11.8 Å². The first-order chi connectivity index (χ1) is 7.20. The molecule has 0 saturated heterocycles. The third-order valence-electron chi connectivity index (χ3n) is 1.01. The molecule has 4 nitrogen and oxygen atoms in total. The van der Waals surface area contributed by atoms with Gasteiger partial charge in [0.1, 0.15) is 0 Å². The first kappa shape index (κ1) is 14.6. The molecule has 0 aliphatic carbocycles. The summed E-state index contributed by atoms with van der Waals surface area (Å²) in [5, 5.41) is 16.8. The number of amidine groups is 1. The number of thioether (sulfide) groups is 1. The van der Waals surface area contributed by atoms with Crippen LogP contribution in [0, 0.1) is 5.21 Å². The SMILES string of the molecule is F[B-](F)(F)F.NC(=[NH2+])Sc1cccc[n+]1[O-]. The molecule has 1 rings (SSSR count). The van der Waals surface area contributed by atoms with Crippen LogP contribution in [0.4, 0.5) is 17.3 Å². The molecular weight excluding hydrogens is 249 g/mol. The van der Waals surface area contributed by atoms with Gasteiger partial charge < -0.3 is 22.5 Å². The fourth-order valence-electron chi connectivity index (χ4n) is 0.612. The minimum absolute atomic E-state index is 0.167. The highest BCUT2D eigenvalue weighted by molar-refractivity contribution is 8.13. The minimum atomic E-state index is -6.00. The van der Waals surface area contributed by atoms with Crippen molar-refractivity contribution in [3.05, 3.63) is 29.6 Å². The molecule has 0 aromatic carbocycles. The summed E-state index contributed by atoms with van der Waals surface area (Å²) < 4.78 is 39.7. The van der Waals surface area contributed by atoms with Crippen molar-refractivity contribution in [3.8, 4) is 0 Å². The fourth-order valence-corrected chi connectivity index (χ4v) is 1.15. The van der Waals surface area contributed by atoms with E-state index in [-0.39, 0.29) is 5.17 Å². The summed E-state index contributed by atoms with van der Waals surface area (Å²) in [5.74, 6) is 0. The van der Waals surface area contributed by atoms with Crippen molar-refractivity contribution >= 4 is 24.2 Å². The standard InChI is InChI=1S/C6H7N3OS.BF4/c7-6(8)11-5-3-1-2-4-9(5)10;2-1(3,4)5/h1-4H,(H3,7,8);/q;-1/p+1. The lowest BCUT2D eigenvalue weighted by Gasteiger charge is -1.98. The van der Waals surface area contributed by atoms with Gasteiger partial charge in [-0.05, 0) is 6.07 Å². The van der Waals surface area contributed by atoms with Gasteiger partial charge in [0.15, 0.2) is 6.20 Å². The Bertz CT molecular complexity index is 356. The van der Waals surface area contributed by atoms with Gasteiger partial charge in [-0.1, -0.05) is 0 Å². The van der Waals surface area contributed by atoms with Crippen LogP contribution in [0.1, 0.15) is 0 Å². The van der Waals surface area contributed by atoms with E-state index in [2.05, 4.69) is 0 Å². The minimum Gasteiger partial charge on any atom is -0.618 e. The van der Waals surface area contributed by atoms with E-state index >= 15 is 0 Å². The van der Waals surface area contributed by atoms with Crippen LogP contribution in [0.2, 0.25) is 0 Å². The highest BCUT2D eigenvalue weighted by atomic mass is 32.2. The van der Waals surface area contributed by atoms with Crippen molar-refractivity contribution in [2.45, 2.75) is 5.03 Å². The van der Waals surface area contributed by atoms with E-state index in [9.17, 15) is 22.5 Å². The number of hydrogen-bond acceptors (Lipinski definition) is 2. The summed E-state index contributed by atoms with van der Waals surface area (Å²) in [5.41, 5.74) is 5.20. The van der Waals surface area contributed by atoms with E-state index in [1.807, 2.05) is 0 Å². The van der Waals surface area contributed by atoms with Crippen LogP contribution in [0.3, 0.4) is 0 Å². The monoisotopic (exact) mass is 257 g/mol. The van der Waals surface area contributed by atoms with Gasteiger partial charge in [0.05, 0.1) is 11.8 Å². The topological polar surface area (TPSA) is 78.5 Å². The predicted molar refractivity (Wildman–Crippen MR) is 52.6 cm³/mol. The predicted octanol–water partition coefficient (Wildman–Crippen LogP) is -0.214. The molecule has 0 aliphatic rings. The van der Waals surface area contributed by atoms with E-state index in [4.69, 9.17) is 11.1 Å². The van der Waals surface area contributed by atoms with E-state index in [1.54, 1.807) is 18.2 Å². The molecule has 1 aromatic heterocycles. The Morgan fingerprint density at radius 3 is 2.25 bits per heavy atom. The molecule has 90 valence electrons. The quantitative estimate of drug-likeness (QED) is 0.139. The second-order valence-electron chi connectivity index (χ2n) is 2.36. The average molecular weight is 257 g/mol. The van der Waals surface area contributed by atoms with Gasteiger partial charge in [-0.3, -0.25) is 11.1 Å². The molecular formula is C6H8BF4N3OS. The molecule has 0 aliphatic heterocycles. The maximum Gasteiger partial charge on any atom is 0.673 e. The normalized spacial score (nSPS) is 10.2. The number of pyridine rings is 1. The molecule has 10 heteroatoms. The molecule has 0 bridgehead atoms. The summed E-state index contributed by atoms with van der Waals surface area (Å²) in [7, 11) is -6.00. The number of rotatable bonds is 1. The number of halogens is 4. The Hall–Kier alpha value is -1.45. The maximum atomic E-state index is 10.9. The van der Waals surface area contributed by atoms with Crippen LogP contribution < -0.4 is 15.9 Å². The molecule has 1 aromatic rings. The van der Waals surface area contributed by atoms with Gasteiger partial charge in [-0.15, -0.1) is 0 Å². The first-order valence-electron chi connectivity index (χ1n) is 3.81. The van der Waals surface area contributed by atoms with Crippen molar-refractivity contribution in [2.24, 2.45) is 5.73 Å². The third kappa shape index (κ3) is 9.12. The van der Waals surface area contributed by atoms with E-state index in [1.165, 1.54) is 6.20 Å². The molecule has 1 heterocycles. The average Bonchev–Trinajstić information content (AvgIpc) is 2.05. The second-order valence-corrected chi connectivity index (χ2v) is 3.46. The summed E-state index contributed by atoms with van der Waals surface area (Å²) in [6.45, 7) is 0. The Kier molecular flexibility index (Phi) is 5.65. The summed E-state index contributed by atoms with van der Waals surface area (Å²) in [4.78, 5) is 0. The second kappa shape index (κ2) is 6.21. The molecule has 0 fully saturated rings. The third-order valence-corrected chi connectivity index (χ3v) is 1.77. The zero-order valence-corrected chi connectivity index (χ0v) is 8.63. The Balaban J connectivity index is 0.000000385. The lowest BCUT2D eigenvalue weighted by Crippen LogP contribution is -2.44. The maximum absolute atomic E-state index is 10.9. The Morgan fingerprint density at radius 1 is 1.38 bits per heavy atom. The largest absolute Gasteiger partial charge is 0.673 e. The number of aromatic nitrogens is 1. The van der Waals surface area contributed by atoms with Gasteiger partial charge in [-0.2, -0.15) is 4.73 Å². The lowest BCUT2D eigenvalue weighted by molar-refractivity contribution is -0.645. The van der Waals surface area contributed by atoms with E-state index in [0.29, 0.717) is 9.76 Å². The van der Waals surface area contributed by atoms with E-state index in [0.717, 1.165) is 11.8 Å². The zero-order valence-electron chi connectivity index (χ0n) is 7.82. The highest BCUT2D eigenvalue weighted by Crippen LogP contribution is 2.09. The van der Waals surface area contributed by atoms with Crippen LogP contribution in [0.25, 0.3) is 0 Å². The van der Waals surface area contributed by atoms with Gasteiger partial charge in [-0.25, -0.2) is 0 Å². The van der Waals surface area contributed by atoms with Gasteiger partial charge >= 0.3 is 12.4 Å². The van der Waals surface area contributed by atoms with Crippen LogP contribution in [0.15, 0.2) is 29.4 Å². The highest BCUT2D eigenvalue weighted by Gasteiger charge is 2.20. The fraction of sp³-hybridized carbons (Fsp3) is 0. The van der Waals surface area contributed by atoms with Crippen LogP contribution in [-0.4, -0.2) is 12.4 Å². The number of nitrogens with zero attached hydrogens (tertiary/aromatic N) is 1. The first-order valence-corrected chi connectivity index (χ1v) is 4.63. The Labute approximate surface area is 92.6 Å². The van der Waals surface area contributed by atoms with Crippen molar-refractivity contribution in [1.82, 2.24) is 0 Å².